The number of carbonyl (C=O) groups is 1. The van der Waals surface area contributed by atoms with E-state index in [0.717, 1.165) is 36.5 Å². The van der Waals surface area contributed by atoms with Crippen LogP contribution in [0.15, 0.2) is 41.3 Å². The van der Waals surface area contributed by atoms with E-state index in [4.69, 9.17) is 5.11 Å². The summed E-state index contributed by atoms with van der Waals surface area (Å²) in [5.74, 6) is -1.34. The first-order valence-corrected chi connectivity index (χ1v) is 6.28. The SMILES string of the molecule is O=C(NCc1cc(=O)c(O)cn1O)c1ccc(C(F)(F)F)cc1. The van der Waals surface area contributed by atoms with Gasteiger partial charge in [-0.1, -0.05) is 0 Å². The van der Waals surface area contributed by atoms with E-state index < -0.39 is 28.8 Å². The zero-order chi connectivity index (χ0) is 17.2. The zero-order valence-corrected chi connectivity index (χ0v) is 11.5. The predicted molar refractivity (Wildman–Crippen MR) is 72.2 cm³/mol. The highest BCUT2D eigenvalue weighted by atomic mass is 19.4. The Hall–Kier alpha value is -2.97. The molecule has 0 saturated heterocycles. The molecule has 0 unspecified atom stereocenters. The van der Waals surface area contributed by atoms with Crippen molar-refractivity contribution in [2.24, 2.45) is 0 Å². The van der Waals surface area contributed by atoms with Crippen LogP contribution in [0.4, 0.5) is 13.2 Å². The van der Waals surface area contributed by atoms with Crippen molar-refractivity contribution in [3.8, 4) is 5.75 Å². The second kappa shape index (κ2) is 6.03. The Morgan fingerprint density at radius 1 is 1.22 bits per heavy atom. The Morgan fingerprint density at radius 3 is 2.39 bits per heavy atom. The molecule has 122 valence electrons. The first kappa shape index (κ1) is 16.4. The number of hydrogen-bond acceptors (Lipinski definition) is 4. The highest BCUT2D eigenvalue weighted by Gasteiger charge is 2.30. The first-order valence-electron chi connectivity index (χ1n) is 6.28. The van der Waals surface area contributed by atoms with Crippen LogP contribution in [-0.4, -0.2) is 21.0 Å². The summed E-state index contributed by atoms with van der Waals surface area (Å²) in [7, 11) is 0. The van der Waals surface area contributed by atoms with Crippen molar-refractivity contribution in [2.75, 3.05) is 0 Å². The van der Waals surface area contributed by atoms with Crippen LogP contribution in [-0.2, 0) is 12.7 Å². The van der Waals surface area contributed by atoms with Gasteiger partial charge in [0.1, 0.15) is 0 Å². The first-order chi connectivity index (χ1) is 10.7. The standard InChI is InChI=1S/C14H11F3N2O4/c15-14(16,17)9-3-1-8(2-4-9)13(22)18-6-10-5-11(20)12(21)7-19(10)23/h1-5,7,21,23H,6H2,(H,18,22). The summed E-state index contributed by atoms with van der Waals surface area (Å²) in [4.78, 5) is 23.1. The van der Waals surface area contributed by atoms with E-state index in [1.54, 1.807) is 0 Å². The van der Waals surface area contributed by atoms with E-state index in [-0.39, 0.29) is 17.8 Å². The van der Waals surface area contributed by atoms with Crippen LogP contribution in [0.25, 0.3) is 0 Å². The van der Waals surface area contributed by atoms with Gasteiger partial charge in [0.05, 0.1) is 24.0 Å². The maximum absolute atomic E-state index is 12.4. The molecule has 0 aliphatic heterocycles. The number of pyridine rings is 1. The van der Waals surface area contributed by atoms with E-state index in [1.807, 2.05) is 0 Å². The molecule has 0 aliphatic rings. The molecular weight excluding hydrogens is 317 g/mol. The number of amides is 1. The monoisotopic (exact) mass is 328 g/mol. The maximum Gasteiger partial charge on any atom is 0.416 e. The second-order valence-corrected chi connectivity index (χ2v) is 4.62. The number of nitrogens with zero attached hydrogens (tertiary/aromatic N) is 1. The number of benzene rings is 1. The van der Waals surface area contributed by atoms with Crippen LogP contribution >= 0.6 is 0 Å². The minimum atomic E-state index is -4.49. The molecule has 1 amide bonds. The average Bonchev–Trinajstić information content (AvgIpc) is 2.48. The summed E-state index contributed by atoms with van der Waals surface area (Å²) >= 11 is 0. The van der Waals surface area contributed by atoms with Crippen molar-refractivity contribution in [3.05, 3.63) is 63.6 Å². The van der Waals surface area contributed by atoms with E-state index in [1.165, 1.54) is 0 Å². The largest absolute Gasteiger partial charge is 0.503 e. The molecule has 3 N–H and O–H groups in total. The third-order valence-corrected chi connectivity index (χ3v) is 2.99. The lowest BCUT2D eigenvalue weighted by atomic mass is 10.1. The molecule has 6 nitrogen and oxygen atoms in total. The summed E-state index contributed by atoms with van der Waals surface area (Å²) in [5, 5.41) is 20.9. The van der Waals surface area contributed by atoms with Gasteiger partial charge in [0, 0.05) is 11.6 Å². The van der Waals surface area contributed by atoms with Gasteiger partial charge in [-0.15, -0.1) is 0 Å². The second-order valence-electron chi connectivity index (χ2n) is 4.62. The van der Waals surface area contributed by atoms with Crippen LogP contribution in [0.5, 0.6) is 5.75 Å². The molecule has 0 saturated carbocycles. The van der Waals surface area contributed by atoms with Gasteiger partial charge in [-0.05, 0) is 24.3 Å². The molecule has 2 rings (SSSR count). The summed E-state index contributed by atoms with van der Waals surface area (Å²) < 4.78 is 37.7. The minimum absolute atomic E-state index is 0.00642. The highest BCUT2D eigenvalue weighted by molar-refractivity contribution is 5.94. The van der Waals surface area contributed by atoms with Crippen molar-refractivity contribution >= 4 is 5.91 Å². The molecule has 2 aromatic rings. The number of hydrogen-bond donors (Lipinski definition) is 3. The topological polar surface area (TPSA) is 91.6 Å². The Bertz CT molecular complexity index is 782. The van der Waals surface area contributed by atoms with Gasteiger partial charge >= 0.3 is 6.18 Å². The Morgan fingerprint density at radius 2 is 1.83 bits per heavy atom. The third kappa shape index (κ3) is 3.82. The lowest BCUT2D eigenvalue weighted by Crippen LogP contribution is -2.25. The van der Waals surface area contributed by atoms with Gasteiger partial charge in [-0.25, -0.2) is 0 Å². The van der Waals surface area contributed by atoms with Crippen LogP contribution in [0, 0.1) is 0 Å². The number of aromatic nitrogens is 1. The molecule has 0 fully saturated rings. The normalized spacial score (nSPS) is 11.3. The van der Waals surface area contributed by atoms with Crippen molar-refractivity contribution in [3.63, 3.8) is 0 Å². The van der Waals surface area contributed by atoms with E-state index >= 15 is 0 Å². The Balaban J connectivity index is 2.08. The van der Waals surface area contributed by atoms with Crippen molar-refractivity contribution in [1.82, 2.24) is 10.0 Å². The van der Waals surface area contributed by atoms with Gasteiger partial charge in [-0.2, -0.15) is 17.9 Å². The van der Waals surface area contributed by atoms with Crippen molar-refractivity contribution in [2.45, 2.75) is 12.7 Å². The molecule has 1 heterocycles. The van der Waals surface area contributed by atoms with Gasteiger partial charge in [-0.3, -0.25) is 9.59 Å². The lowest BCUT2D eigenvalue weighted by molar-refractivity contribution is -0.137. The molecular formula is C14H11F3N2O4. The zero-order valence-electron chi connectivity index (χ0n) is 11.5. The number of aromatic hydroxyl groups is 1. The molecule has 0 bridgehead atoms. The molecule has 0 radical (unpaired) electrons. The number of carbonyl (C=O) groups excluding carboxylic acids is 1. The number of nitrogens with one attached hydrogen (secondary N) is 1. The quantitative estimate of drug-likeness (QED) is 0.749. The third-order valence-electron chi connectivity index (χ3n) is 2.99. The van der Waals surface area contributed by atoms with Gasteiger partial charge in [0.25, 0.3) is 5.91 Å². The van der Waals surface area contributed by atoms with Gasteiger partial charge in [0.2, 0.25) is 5.43 Å². The van der Waals surface area contributed by atoms with Crippen LogP contribution in [0.1, 0.15) is 21.6 Å². The smallest absolute Gasteiger partial charge is 0.416 e. The van der Waals surface area contributed by atoms with Gasteiger partial charge < -0.3 is 15.6 Å². The molecule has 9 heteroatoms. The molecule has 0 spiro atoms. The highest BCUT2D eigenvalue weighted by Crippen LogP contribution is 2.29. The molecule has 0 aliphatic carbocycles. The fraction of sp³-hybridized carbons (Fsp3) is 0.143. The summed E-state index contributed by atoms with van der Waals surface area (Å²) in [6, 6.07) is 4.50. The summed E-state index contributed by atoms with van der Waals surface area (Å²) in [6.45, 7) is -0.258. The van der Waals surface area contributed by atoms with Crippen molar-refractivity contribution in [1.29, 1.82) is 0 Å². The molecule has 23 heavy (non-hydrogen) atoms. The number of halogens is 3. The van der Waals surface area contributed by atoms with Crippen LogP contribution in [0.2, 0.25) is 0 Å². The van der Waals surface area contributed by atoms with Crippen LogP contribution in [0.3, 0.4) is 0 Å². The van der Waals surface area contributed by atoms with Crippen LogP contribution < -0.4 is 10.7 Å². The fourth-order valence-corrected chi connectivity index (χ4v) is 1.77. The molecule has 1 aromatic carbocycles. The maximum atomic E-state index is 12.4. The number of alkyl halides is 3. The summed E-state index contributed by atoms with van der Waals surface area (Å²) in [6.07, 6.45) is -3.73. The Labute approximate surface area is 127 Å². The predicted octanol–water partition coefficient (Wildman–Crippen LogP) is 1.74. The van der Waals surface area contributed by atoms with E-state index in [2.05, 4.69) is 5.32 Å². The summed E-state index contributed by atoms with van der Waals surface area (Å²) in [5.41, 5.74) is -1.64. The minimum Gasteiger partial charge on any atom is -0.503 e. The molecule has 0 atom stereocenters. The van der Waals surface area contributed by atoms with E-state index in [0.29, 0.717) is 4.73 Å². The Kier molecular flexibility index (Phi) is 4.30. The molecule has 1 aromatic heterocycles. The fourth-order valence-electron chi connectivity index (χ4n) is 1.77. The lowest BCUT2D eigenvalue weighted by Gasteiger charge is -2.10. The van der Waals surface area contributed by atoms with Gasteiger partial charge in [0.15, 0.2) is 5.75 Å². The van der Waals surface area contributed by atoms with E-state index in [9.17, 15) is 28.0 Å². The van der Waals surface area contributed by atoms with Crippen molar-refractivity contribution < 1.29 is 28.3 Å². The number of rotatable bonds is 3. The average molecular weight is 328 g/mol.